The molecule has 1 amide bonds. The number of aliphatic carboxylic acids is 1. The van der Waals surface area contributed by atoms with Crippen LogP contribution in [0.4, 0.5) is 5.69 Å². The molecule has 0 unspecified atom stereocenters. The summed E-state index contributed by atoms with van der Waals surface area (Å²) in [4.78, 5) is 25.1. The summed E-state index contributed by atoms with van der Waals surface area (Å²) in [5.41, 5.74) is -0.135. The molecule has 0 aliphatic heterocycles. The fourth-order valence-corrected chi connectivity index (χ4v) is 3.67. The minimum Gasteiger partial charge on any atom is -0.481 e. The van der Waals surface area contributed by atoms with Gasteiger partial charge in [-0.05, 0) is 31.2 Å². The van der Waals surface area contributed by atoms with Crippen LogP contribution in [0.15, 0.2) is 29.2 Å². The molecule has 1 fully saturated rings. The van der Waals surface area contributed by atoms with Crippen molar-refractivity contribution < 1.29 is 14.7 Å². The van der Waals surface area contributed by atoms with E-state index >= 15 is 0 Å². The second-order valence-corrected chi connectivity index (χ2v) is 6.77. The maximum absolute atomic E-state index is 12.4. The number of hydrogen-bond donors (Lipinski definition) is 2. The summed E-state index contributed by atoms with van der Waals surface area (Å²) in [7, 11) is 0. The van der Waals surface area contributed by atoms with Crippen molar-refractivity contribution in [3.05, 3.63) is 24.3 Å². The number of hydrogen-bond acceptors (Lipinski definition) is 3. The van der Waals surface area contributed by atoms with E-state index in [2.05, 4.69) is 5.32 Å². The lowest BCUT2D eigenvalue weighted by molar-refractivity contribution is -0.152. The van der Waals surface area contributed by atoms with Gasteiger partial charge in [0.2, 0.25) is 5.91 Å². The van der Waals surface area contributed by atoms with E-state index in [4.69, 9.17) is 0 Å². The van der Waals surface area contributed by atoms with Crippen LogP contribution in [0, 0.1) is 5.41 Å². The Balaban J connectivity index is 2.10. The number of carbonyl (C=O) groups is 2. The second kappa shape index (κ2) is 7.68. The average molecular weight is 321 g/mol. The van der Waals surface area contributed by atoms with E-state index in [-0.39, 0.29) is 12.3 Å². The highest BCUT2D eigenvalue weighted by molar-refractivity contribution is 7.98. The third kappa shape index (κ3) is 4.03. The molecule has 0 radical (unpaired) electrons. The van der Waals surface area contributed by atoms with Gasteiger partial charge in [0.25, 0.3) is 0 Å². The maximum atomic E-state index is 12.4. The number of amides is 1. The molecule has 1 aromatic rings. The largest absolute Gasteiger partial charge is 0.481 e. The van der Waals surface area contributed by atoms with Crippen molar-refractivity contribution >= 4 is 29.3 Å². The molecule has 22 heavy (non-hydrogen) atoms. The molecule has 5 heteroatoms. The van der Waals surface area contributed by atoms with Gasteiger partial charge in [-0.25, -0.2) is 0 Å². The van der Waals surface area contributed by atoms with Crippen molar-refractivity contribution in [2.45, 2.75) is 49.8 Å². The van der Waals surface area contributed by atoms with Crippen molar-refractivity contribution in [2.24, 2.45) is 5.41 Å². The van der Waals surface area contributed by atoms with Crippen molar-refractivity contribution in [2.75, 3.05) is 11.6 Å². The lowest BCUT2D eigenvalue weighted by atomic mass is 9.77. The highest BCUT2D eigenvalue weighted by Gasteiger charge is 2.40. The smallest absolute Gasteiger partial charge is 0.310 e. The second-order valence-electron chi connectivity index (χ2n) is 5.92. The van der Waals surface area contributed by atoms with E-state index in [1.165, 1.54) is 0 Å². The van der Waals surface area contributed by atoms with Crippen LogP contribution in [0.25, 0.3) is 0 Å². The first-order valence-electron chi connectivity index (χ1n) is 7.74. The normalized spacial score (nSPS) is 17.5. The fourth-order valence-electron chi connectivity index (χ4n) is 3.12. The number of carbonyl (C=O) groups excluding carboxylic acids is 1. The minimum atomic E-state index is -0.894. The van der Waals surface area contributed by atoms with Gasteiger partial charge < -0.3 is 10.4 Å². The quantitative estimate of drug-likeness (QED) is 0.631. The van der Waals surface area contributed by atoms with Gasteiger partial charge in [-0.15, -0.1) is 11.8 Å². The lowest BCUT2D eigenvalue weighted by Gasteiger charge is -2.27. The number of carboxylic acids is 1. The number of thioether (sulfide) groups is 1. The SMILES string of the molecule is CSc1ccccc1NC(=O)CC1(C(=O)O)CCCCCC1. The monoisotopic (exact) mass is 321 g/mol. The van der Waals surface area contributed by atoms with Crippen LogP contribution < -0.4 is 5.32 Å². The topological polar surface area (TPSA) is 66.4 Å². The van der Waals surface area contributed by atoms with Crippen molar-refractivity contribution in [1.29, 1.82) is 0 Å². The Hall–Kier alpha value is -1.49. The van der Waals surface area contributed by atoms with E-state index < -0.39 is 11.4 Å². The van der Waals surface area contributed by atoms with Crippen LogP contribution in [0.2, 0.25) is 0 Å². The minimum absolute atomic E-state index is 0.0606. The molecule has 2 rings (SSSR count). The molecule has 1 aliphatic rings. The van der Waals surface area contributed by atoms with Crippen LogP contribution in [0.1, 0.15) is 44.9 Å². The summed E-state index contributed by atoms with van der Waals surface area (Å²) in [6.45, 7) is 0. The molecule has 1 aliphatic carbocycles. The van der Waals surface area contributed by atoms with Crippen LogP contribution >= 0.6 is 11.8 Å². The van der Waals surface area contributed by atoms with Crippen LogP contribution in [-0.2, 0) is 9.59 Å². The Morgan fingerprint density at radius 3 is 2.41 bits per heavy atom. The van der Waals surface area contributed by atoms with E-state index in [1.54, 1.807) is 11.8 Å². The number of benzene rings is 1. The number of anilines is 1. The third-order valence-electron chi connectivity index (χ3n) is 4.39. The third-order valence-corrected chi connectivity index (χ3v) is 5.19. The molecule has 120 valence electrons. The van der Waals surface area contributed by atoms with Gasteiger partial charge in [0.1, 0.15) is 0 Å². The molecule has 1 saturated carbocycles. The molecular formula is C17H23NO3S. The van der Waals surface area contributed by atoms with Gasteiger partial charge in [0, 0.05) is 11.3 Å². The zero-order valence-corrected chi connectivity index (χ0v) is 13.7. The first kappa shape index (κ1) is 16.9. The van der Waals surface area contributed by atoms with Crippen molar-refractivity contribution in [1.82, 2.24) is 0 Å². The Morgan fingerprint density at radius 1 is 1.18 bits per heavy atom. The molecule has 4 nitrogen and oxygen atoms in total. The van der Waals surface area contributed by atoms with E-state index in [9.17, 15) is 14.7 Å². The molecular weight excluding hydrogens is 298 g/mol. The predicted octanol–water partition coefficient (Wildman–Crippen LogP) is 4.16. The Labute approximate surface area is 135 Å². The van der Waals surface area contributed by atoms with Crippen molar-refractivity contribution in [3.63, 3.8) is 0 Å². The zero-order valence-electron chi connectivity index (χ0n) is 12.9. The van der Waals surface area contributed by atoms with Crippen molar-refractivity contribution in [3.8, 4) is 0 Å². The summed E-state index contributed by atoms with van der Waals surface area (Å²) in [6, 6.07) is 7.59. The Bertz CT molecular complexity index is 536. The molecule has 0 spiro atoms. The molecule has 1 aromatic carbocycles. The molecule has 0 aromatic heterocycles. The summed E-state index contributed by atoms with van der Waals surface area (Å²) < 4.78 is 0. The van der Waals surface area contributed by atoms with Crippen LogP contribution in [-0.4, -0.2) is 23.2 Å². The van der Waals surface area contributed by atoms with E-state index in [0.717, 1.165) is 36.3 Å². The van der Waals surface area contributed by atoms with Crippen LogP contribution in [0.5, 0.6) is 0 Å². The van der Waals surface area contributed by atoms with Gasteiger partial charge in [0.05, 0.1) is 11.1 Å². The number of carboxylic acid groups (broad SMARTS) is 1. The molecule has 2 N–H and O–H groups in total. The summed E-state index contributed by atoms with van der Waals surface area (Å²) in [6.07, 6.45) is 7.11. The summed E-state index contributed by atoms with van der Waals surface area (Å²) in [5.74, 6) is -1.03. The van der Waals surface area contributed by atoms with Gasteiger partial charge in [-0.2, -0.15) is 0 Å². The fraction of sp³-hybridized carbons (Fsp3) is 0.529. The number of nitrogens with one attached hydrogen (secondary N) is 1. The predicted molar refractivity (Wildman–Crippen MR) is 89.2 cm³/mol. The van der Waals surface area contributed by atoms with E-state index in [0.29, 0.717) is 12.8 Å². The zero-order chi connectivity index (χ0) is 16.0. The summed E-state index contributed by atoms with van der Waals surface area (Å²) >= 11 is 1.56. The molecule has 0 atom stereocenters. The van der Waals surface area contributed by atoms with Gasteiger partial charge in [0.15, 0.2) is 0 Å². The standard InChI is InChI=1S/C17H23NO3S/c1-22-14-9-5-4-8-13(14)18-15(19)12-17(16(20)21)10-6-2-3-7-11-17/h4-5,8-9H,2-3,6-7,10-12H2,1H3,(H,18,19)(H,20,21). The van der Waals surface area contributed by atoms with E-state index in [1.807, 2.05) is 30.5 Å². The Morgan fingerprint density at radius 2 is 1.82 bits per heavy atom. The lowest BCUT2D eigenvalue weighted by Crippen LogP contribution is -2.35. The number of para-hydroxylation sites is 1. The summed E-state index contributed by atoms with van der Waals surface area (Å²) in [5, 5.41) is 12.5. The molecule has 0 bridgehead atoms. The van der Waals surface area contributed by atoms with Gasteiger partial charge in [-0.1, -0.05) is 37.8 Å². The first-order valence-corrected chi connectivity index (χ1v) is 8.96. The van der Waals surface area contributed by atoms with Crippen LogP contribution in [0.3, 0.4) is 0 Å². The highest BCUT2D eigenvalue weighted by Crippen LogP contribution is 2.39. The Kier molecular flexibility index (Phi) is 5.89. The molecule has 0 saturated heterocycles. The van der Waals surface area contributed by atoms with Gasteiger partial charge in [-0.3, -0.25) is 9.59 Å². The average Bonchev–Trinajstić information content (AvgIpc) is 2.74. The highest BCUT2D eigenvalue weighted by atomic mass is 32.2. The van der Waals surface area contributed by atoms with Gasteiger partial charge >= 0.3 is 5.97 Å². The maximum Gasteiger partial charge on any atom is 0.310 e. The molecule has 0 heterocycles. The first-order chi connectivity index (χ1) is 10.6. The number of rotatable bonds is 5.